The zero-order valence-corrected chi connectivity index (χ0v) is 16.6. The number of esters is 2. The number of rotatable bonds is 5. The predicted molar refractivity (Wildman–Crippen MR) is 107 cm³/mol. The number of benzene rings is 1. The zero-order valence-electron chi connectivity index (χ0n) is 15.7. The number of carbonyl (C=O) groups excluding carboxylic acids is 3. The van der Waals surface area contributed by atoms with E-state index >= 15 is 0 Å². The van der Waals surface area contributed by atoms with Crippen molar-refractivity contribution in [2.45, 2.75) is 38.7 Å². The Hall–Kier alpha value is -2.87. The fourth-order valence-electron chi connectivity index (χ4n) is 3.13. The molecule has 2 aromatic rings. The molecule has 28 heavy (non-hydrogen) atoms. The second kappa shape index (κ2) is 8.43. The van der Waals surface area contributed by atoms with E-state index in [1.165, 1.54) is 31.4 Å². The van der Waals surface area contributed by atoms with Crippen LogP contribution in [0.3, 0.4) is 0 Å². The van der Waals surface area contributed by atoms with Crippen LogP contribution in [0.25, 0.3) is 0 Å². The van der Waals surface area contributed by atoms with Gasteiger partial charge in [-0.1, -0.05) is 6.07 Å². The van der Waals surface area contributed by atoms with E-state index in [-0.39, 0.29) is 5.56 Å². The molecule has 0 radical (unpaired) electrons. The van der Waals surface area contributed by atoms with Gasteiger partial charge >= 0.3 is 11.9 Å². The van der Waals surface area contributed by atoms with E-state index in [4.69, 9.17) is 15.2 Å². The van der Waals surface area contributed by atoms with Gasteiger partial charge in [-0.2, -0.15) is 0 Å². The van der Waals surface area contributed by atoms with E-state index in [2.05, 4.69) is 5.32 Å². The van der Waals surface area contributed by atoms with Crippen LogP contribution in [0, 0.1) is 0 Å². The fraction of sp³-hybridized carbons (Fsp3) is 0.350. The lowest BCUT2D eigenvalue weighted by molar-refractivity contribution is -0.123. The molecule has 0 saturated heterocycles. The fourth-order valence-corrected chi connectivity index (χ4v) is 4.41. The van der Waals surface area contributed by atoms with Crippen molar-refractivity contribution in [3.8, 4) is 0 Å². The Labute approximate surface area is 166 Å². The normalized spacial score (nSPS) is 13.9. The lowest BCUT2D eigenvalue weighted by Crippen LogP contribution is -2.30. The molecule has 1 aromatic heterocycles. The zero-order chi connectivity index (χ0) is 20.3. The van der Waals surface area contributed by atoms with Gasteiger partial charge in [0.25, 0.3) is 5.91 Å². The van der Waals surface area contributed by atoms with E-state index in [1.54, 1.807) is 18.2 Å². The number of aryl methyl sites for hydroxylation is 1. The molecule has 1 atom stereocenters. The average Bonchev–Trinajstić information content (AvgIpc) is 3.05. The van der Waals surface area contributed by atoms with Crippen LogP contribution in [0.4, 0.5) is 10.7 Å². The van der Waals surface area contributed by atoms with E-state index in [0.29, 0.717) is 16.3 Å². The number of anilines is 2. The van der Waals surface area contributed by atoms with Crippen LogP contribution in [0.2, 0.25) is 0 Å². The minimum atomic E-state index is -1.04. The Bertz CT molecular complexity index is 921. The van der Waals surface area contributed by atoms with Crippen LogP contribution in [0.15, 0.2) is 24.3 Å². The summed E-state index contributed by atoms with van der Waals surface area (Å²) in [5.41, 5.74) is 7.71. The molecule has 1 unspecified atom stereocenters. The van der Waals surface area contributed by atoms with Gasteiger partial charge in [-0.05, 0) is 56.4 Å². The van der Waals surface area contributed by atoms with Crippen molar-refractivity contribution in [1.82, 2.24) is 0 Å². The summed E-state index contributed by atoms with van der Waals surface area (Å²) in [6, 6.07) is 6.33. The van der Waals surface area contributed by atoms with E-state index < -0.39 is 23.9 Å². The molecular weight excluding hydrogens is 380 g/mol. The number of nitrogens with two attached hydrogens (primary N) is 1. The van der Waals surface area contributed by atoms with E-state index in [9.17, 15) is 14.4 Å². The quantitative estimate of drug-likeness (QED) is 0.587. The van der Waals surface area contributed by atoms with Gasteiger partial charge < -0.3 is 20.5 Å². The third kappa shape index (κ3) is 4.17. The predicted octanol–water partition coefficient (Wildman–Crippen LogP) is 3.18. The van der Waals surface area contributed by atoms with Crippen LogP contribution < -0.4 is 11.1 Å². The molecule has 3 N–H and O–H groups in total. The molecule has 1 aliphatic rings. The molecule has 0 aliphatic heterocycles. The molecule has 8 heteroatoms. The van der Waals surface area contributed by atoms with Gasteiger partial charge in [0.05, 0.1) is 18.2 Å². The summed E-state index contributed by atoms with van der Waals surface area (Å²) in [6.45, 7) is 1.48. The molecular formula is C20H22N2O5S. The maximum atomic E-state index is 12.6. The molecule has 0 spiro atoms. The van der Waals surface area contributed by atoms with E-state index in [1.807, 2.05) is 0 Å². The highest BCUT2D eigenvalue weighted by molar-refractivity contribution is 7.17. The second-order valence-corrected chi connectivity index (χ2v) is 7.67. The third-order valence-corrected chi connectivity index (χ3v) is 5.78. The molecule has 1 aliphatic carbocycles. The van der Waals surface area contributed by atoms with Crippen molar-refractivity contribution < 1.29 is 23.9 Å². The van der Waals surface area contributed by atoms with Gasteiger partial charge in [0.15, 0.2) is 6.10 Å². The van der Waals surface area contributed by atoms with Gasteiger partial charge in [0.1, 0.15) is 5.00 Å². The minimum Gasteiger partial charge on any atom is -0.465 e. The minimum absolute atomic E-state index is 0.265. The Morgan fingerprint density at radius 2 is 1.93 bits per heavy atom. The Kier molecular flexibility index (Phi) is 5.99. The molecule has 3 rings (SSSR count). The summed E-state index contributed by atoms with van der Waals surface area (Å²) in [7, 11) is 1.32. The first-order valence-electron chi connectivity index (χ1n) is 9.01. The molecule has 7 nitrogen and oxygen atoms in total. The second-order valence-electron chi connectivity index (χ2n) is 6.57. The van der Waals surface area contributed by atoms with Gasteiger partial charge in [0, 0.05) is 10.6 Å². The number of amides is 1. The number of nitrogens with one attached hydrogen (secondary N) is 1. The summed E-state index contributed by atoms with van der Waals surface area (Å²) in [5, 5.41) is 3.17. The van der Waals surface area contributed by atoms with Crippen LogP contribution in [-0.2, 0) is 27.1 Å². The van der Waals surface area contributed by atoms with Crippen LogP contribution >= 0.6 is 11.3 Å². The molecule has 1 heterocycles. The lowest BCUT2D eigenvalue weighted by Gasteiger charge is -2.14. The first-order valence-corrected chi connectivity index (χ1v) is 9.82. The average molecular weight is 402 g/mol. The molecule has 0 bridgehead atoms. The Morgan fingerprint density at radius 3 is 2.64 bits per heavy atom. The first-order chi connectivity index (χ1) is 13.4. The molecule has 0 fully saturated rings. The largest absolute Gasteiger partial charge is 0.465 e. The van der Waals surface area contributed by atoms with Gasteiger partial charge in [-0.3, -0.25) is 4.79 Å². The van der Waals surface area contributed by atoms with Gasteiger partial charge in [-0.25, -0.2) is 9.59 Å². The SMILES string of the molecule is COC(=O)c1c(NC(=O)C(C)OC(=O)c2cccc(N)c2)sc2c1CCCC2. The summed E-state index contributed by atoms with van der Waals surface area (Å²) in [4.78, 5) is 38.1. The number of hydrogen-bond acceptors (Lipinski definition) is 7. The summed E-state index contributed by atoms with van der Waals surface area (Å²) in [6.07, 6.45) is 2.66. The van der Waals surface area contributed by atoms with Crippen LogP contribution in [0.1, 0.15) is 50.9 Å². The molecule has 1 amide bonds. The van der Waals surface area contributed by atoms with Gasteiger partial charge in [-0.15, -0.1) is 11.3 Å². The lowest BCUT2D eigenvalue weighted by atomic mass is 9.95. The molecule has 148 valence electrons. The maximum Gasteiger partial charge on any atom is 0.341 e. The number of fused-ring (bicyclic) bond motifs is 1. The Morgan fingerprint density at radius 1 is 1.18 bits per heavy atom. The van der Waals surface area contributed by atoms with Crippen molar-refractivity contribution in [3.63, 3.8) is 0 Å². The summed E-state index contributed by atoms with van der Waals surface area (Å²) < 4.78 is 10.1. The standard InChI is InChI=1S/C20H22N2O5S/c1-11(27-19(24)12-6-5-7-13(21)10-12)17(23)22-18-16(20(25)26-2)14-8-3-4-9-15(14)28-18/h5-7,10-11H,3-4,8-9,21H2,1-2H3,(H,22,23). The van der Waals surface area contributed by atoms with Crippen molar-refractivity contribution >= 4 is 39.9 Å². The molecule has 0 saturated carbocycles. The highest BCUT2D eigenvalue weighted by Gasteiger charge is 2.28. The van der Waals surface area contributed by atoms with Crippen LogP contribution in [-0.4, -0.2) is 31.1 Å². The maximum absolute atomic E-state index is 12.6. The number of hydrogen-bond donors (Lipinski definition) is 2. The monoisotopic (exact) mass is 402 g/mol. The smallest absolute Gasteiger partial charge is 0.341 e. The first kappa shape index (κ1) is 19.9. The Balaban J connectivity index is 1.74. The van der Waals surface area contributed by atoms with Crippen LogP contribution in [0.5, 0.6) is 0 Å². The topological polar surface area (TPSA) is 108 Å². The number of thiophene rings is 1. The number of ether oxygens (including phenoxy) is 2. The summed E-state index contributed by atoms with van der Waals surface area (Å²) >= 11 is 1.38. The van der Waals surface area contributed by atoms with Crippen molar-refractivity contribution in [1.29, 1.82) is 0 Å². The van der Waals surface area contributed by atoms with Crippen molar-refractivity contribution in [3.05, 3.63) is 45.8 Å². The highest BCUT2D eigenvalue weighted by Crippen LogP contribution is 2.38. The van der Waals surface area contributed by atoms with Gasteiger partial charge in [0.2, 0.25) is 0 Å². The summed E-state index contributed by atoms with van der Waals surface area (Å²) in [5.74, 6) is -1.63. The number of nitrogen functional groups attached to an aromatic ring is 1. The highest BCUT2D eigenvalue weighted by atomic mass is 32.1. The van der Waals surface area contributed by atoms with E-state index in [0.717, 1.165) is 36.1 Å². The molecule has 1 aromatic carbocycles. The number of methoxy groups -OCH3 is 1. The number of carbonyl (C=O) groups is 3. The van der Waals surface area contributed by atoms with Crippen molar-refractivity contribution in [2.24, 2.45) is 0 Å². The third-order valence-electron chi connectivity index (χ3n) is 4.57. The van der Waals surface area contributed by atoms with Crippen molar-refractivity contribution in [2.75, 3.05) is 18.2 Å².